The van der Waals surface area contributed by atoms with Gasteiger partial charge in [0.05, 0.1) is 5.70 Å². The third-order valence-corrected chi connectivity index (χ3v) is 3.42. The maximum Gasteiger partial charge on any atom is 0.0638 e. The largest absolute Gasteiger partial charge is 0.261 e. The van der Waals surface area contributed by atoms with E-state index in [1.54, 1.807) is 0 Å². The summed E-state index contributed by atoms with van der Waals surface area (Å²) in [6.45, 7) is 17.1. The Bertz CT molecular complexity index is 295. The Hall–Kier alpha value is -0.850. The first-order valence-electron chi connectivity index (χ1n) is 6.74. The van der Waals surface area contributed by atoms with E-state index in [2.05, 4.69) is 39.3 Å². The number of nitrogens with zero attached hydrogens (tertiary/aromatic N) is 1. The molecule has 17 heavy (non-hydrogen) atoms. The lowest BCUT2D eigenvalue weighted by Crippen LogP contribution is -2.03. The molecule has 0 bridgehead atoms. The van der Waals surface area contributed by atoms with E-state index in [0.717, 1.165) is 29.5 Å². The Labute approximate surface area is 108 Å². The number of aliphatic imine (C=N–C) groups is 1. The molecule has 0 aromatic carbocycles. The summed E-state index contributed by atoms with van der Waals surface area (Å²) in [5.41, 5.74) is 3.52. The van der Waals surface area contributed by atoms with Crippen LogP contribution in [0.3, 0.4) is 0 Å². The van der Waals surface area contributed by atoms with Gasteiger partial charge >= 0.3 is 0 Å². The molecular weight excluding hydrogens is 206 g/mol. The van der Waals surface area contributed by atoms with E-state index < -0.39 is 0 Å². The predicted molar refractivity (Wildman–Crippen MR) is 79.5 cm³/mol. The lowest BCUT2D eigenvalue weighted by molar-refractivity contribution is 0.382. The van der Waals surface area contributed by atoms with Crippen molar-refractivity contribution in [1.82, 2.24) is 0 Å². The molecule has 1 nitrogen and oxygen atoms in total. The maximum atomic E-state index is 4.41. The Balaban J connectivity index is 4.36. The minimum atomic E-state index is 0.786. The lowest BCUT2D eigenvalue weighted by atomic mass is 9.91. The molecule has 0 amide bonds. The highest BCUT2D eigenvalue weighted by molar-refractivity contribution is 5.57. The van der Waals surface area contributed by atoms with Crippen LogP contribution in [0.15, 0.2) is 28.4 Å². The summed E-state index contributed by atoms with van der Waals surface area (Å²) in [6, 6.07) is 0. The van der Waals surface area contributed by atoms with Crippen molar-refractivity contribution in [2.75, 3.05) is 0 Å². The van der Waals surface area contributed by atoms with Gasteiger partial charge in [0.25, 0.3) is 0 Å². The molecule has 0 aliphatic carbocycles. The first kappa shape index (κ1) is 16.1. The van der Waals surface area contributed by atoms with Crippen LogP contribution in [0.25, 0.3) is 0 Å². The average molecular weight is 235 g/mol. The Morgan fingerprint density at radius 3 is 2.24 bits per heavy atom. The van der Waals surface area contributed by atoms with Gasteiger partial charge in [0.15, 0.2) is 0 Å². The van der Waals surface area contributed by atoms with Crippen molar-refractivity contribution in [2.45, 2.75) is 60.8 Å². The molecule has 1 atom stereocenters. The molecule has 0 fully saturated rings. The second-order valence-corrected chi connectivity index (χ2v) is 5.41. The highest BCUT2D eigenvalue weighted by Gasteiger charge is 2.07. The lowest BCUT2D eigenvalue weighted by Gasteiger charge is -2.15. The van der Waals surface area contributed by atoms with E-state index in [-0.39, 0.29) is 0 Å². The van der Waals surface area contributed by atoms with Gasteiger partial charge in [0, 0.05) is 6.21 Å². The minimum absolute atomic E-state index is 0.786. The van der Waals surface area contributed by atoms with E-state index >= 15 is 0 Å². The normalized spacial score (nSPS) is 15.2. The van der Waals surface area contributed by atoms with Gasteiger partial charge in [-0.1, -0.05) is 33.8 Å². The number of hydrogen-bond donors (Lipinski definition) is 0. The Morgan fingerprint density at radius 1 is 1.24 bits per heavy atom. The molecule has 0 saturated heterocycles. The zero-order valence-electron chi connectivity index (χ0n) is 12.5. The summed E-state index contributed by atoms with van der Waals surface area (Å²) < 4.78 is 0. The van der Waals surface area contributed by atoms with Crippen molar-refractivity contribution in [2.24, 2.45) is 16.8 Å². The molecule has 0 spiro atoms. The van der Waals surface area contributed by atoms with Gasteiger partial charge in [-0.15, -0.1) is 0 Å². The van der Waals surface area contributed by atoms with Crippen LogP contribution in [0.1, 0.15) is 60.8 Å². The maximum absolute atomic E-state index is 4.41. The van der Waals surface area contributed by atoms with E-state index in [1.807, 2.05) is 20.1 Å². The van der Waals surface area contributed by atoms with E-state index in [4.69, 9.17) is 0 Å². The molecule has 0 radical (unpaired) electrons. The van der Waals surface area contributed by atoms with Gasteiger partial charge in [-0.2, -0.15) is 0 Å². The Kier molecular flexibility index (Phi) is 7.86. The van der Waals surface area contributed by atoms with Gasteiger partial charge in [0.1, 0.15) is 0 Å². The fourth-order valence-corrected chi connectivity index (χ4v) is 1.85. The molecular formula is C16H29N. The summed E-state index contributed by atoms with van der Waals surface area (Å²) in [6.07, 6.45) is 5.54. The number of hydrogen-bond acceptors (Lipinski definition) is 1. The zero-order valence-corrected chi connectivity index (χ0v) is 12.5. The van der Waals surface area contributed by atoms with E-state index in [9.17, 15) is 0 Å². The van der Waals surface area contributed by atoms with E-state index in [1.165, 1.54) is 18.4 Å². The summed E-state index contributed by atoms with van der Waals surface area (Å²) in [4.78, 5) is 4.41. The molecule has 0 N–H and O–H groups in total. The monoisotopic (exact) mass is 235 g/mol. The highest BCUT2D eigenvalue weighted by Crippen LogP contribution is 2.22. The van der Waals surface area contributed by atoms with Crippen LogP contribution in [0, 0.1) is 11.8 Å². The number of allylic oxidation sites excluding steroid dienone is 2. The SMILES string of the molecule is C=C(C)C(/N=C\C)=C(\C)CCCC(C)C(C)C. The quantitative estimate of drug-likeness (QED) is 0.414. The van der Waals surface area contributed by atoms with E-state index in [0.29, 0.717) is 0 Å². The minimum Gasteiger partial charge on any atom is -0.261 e. The molecule has 0 aromatic heterocycles. The van der Waals surface area contributed by atoms with Crippen LogP contribution >= 0.6 is 0 Å². The third kappa shape index (κ3) is 6.45. The van der Waals surface area contributed by atoms with Crippen molar-refractivity contribution < 1.29 is 0 Å². The van der Waals surface area contributed by atoms with Gasteiger partial charge in [-0.3, -0.25) is 4.99 Å². The molecule has 0 aromatic rings. The van der Waals surface area contributed by atoms with Crippen LogP contribution in [-0.2, 0) is 0 Å². The second-order valence-electron chi connectivity index (χ2n) is 5.41. The van der Waals surface area contributed by atoms with Crippen molar-refractivity contribution in [3.63, 3.8) is 0 Å². The highest BCUT2D eigenvalue weighted by atomic mass is 14.7. The number of rotatable bonds is 7. The molecule has 0 rings (SSSR count). The van der Waals surface area contributed by atoms with Crippen molar-refractivity contribution in [3.05, 3.63) is 23.4 Å². The smallest absolute Gasteiger partial charge is 0.0638 e. The first-order chi connectivity index (χ1) is 7.90. The van der Waals surface area contributed by atoms with Crippen LogP contribution < -0.4 is 0 Å². The first-order valence-corrected chi connectivity index (χ1v) is 6.74. The predicted octanol–water partition coefficient (Wildman–Crippen LogP) is 5.39. The van der Waals surface area contributed by atoms with Crippen molar-refractivity contribution in [3.8, 4) is 0 Å². The topological polar surface area (TPSA) is 12.4 Å². The van der Waals surface area contributed by atoms with Crippen LogP contribution in [0.2, 0.25) is 0 Å². The van der Waals surface area contributed by atoms with Gasteiger partial charge in [-0.25, -0.2) is 0 Å². The molecule has 0 aliphatic rings. The van der Waals surface area contributed by atoms with Crippen LogP contribution in [0.4, 0.5) is 0 Å². The summed E-state index contributed by atoms with van der Waals surface area (Å²) in [7, 11) is 0. The molecule has 0 heterocycles. The summed E-state index contributed by atoms with van der Waals surface area (Å²) >= 11 is 0. The molecule has 1 heteroatoms. The van der Waals surface area contributed by atoms with Crippen molar-refractivity contribution >= 4 is 6.21 Å². The fraction of sp³-hybridized carbons (Fsp3) is 0.688. The Morgan fingerprint density at radius 2 is 1.82 bits per heavy atom. The van der Waals surface area contributed by atoms with Gasteiger partial charge < -0.3 is 0 Å². The van der Waals surface area contributed by atoms with Crippen molar-refractivity contribution in [1.29, 1.82) is 0 Å². The average Bonchev–Trinajstić information content (AvgIpc) is 2.24. The van der Waals surface area contributed by atoms with Crippen LogP contribution in [0.5, 0.6) is 0 Å². The summed E-state index contributed by atoms with van der Waals surface area (Å²) in [5.74, 6) is 1.60. The molecule has 0 aliphatic heterocycles. The standard InChI is InChI=1S/C16H29N/c1-8-17-16(13(4)5)15(7)11-9-10-14(6)12(2)3/h8,12,14H,4,9-11H2,1-3,5-7H3/b16-15-,17-8-. The molecule has 1 unspecified atom stereocenters. The second kappa shape index (κ2) is 8.27. The van der Waals surface area contributed by atoms with Gasteiger partial charge in [-0.05, 0) is 56.6 Å². The van der Waals surface area contributed by atoms with Gasteiger partial charge in [0.2, 0.25) is 0 Å². The zero-order chi connectivity index (χ0) is 13.4. The summed E-state index contributed by atoms with van der Waals surface area (Å²) in [5, 5.41) is 0. The molecule has 0 saturated carbocycles. The molecule has 98 valence electrons. The third-order valence-electron chi connectivity index (χ3n) is 3.42. The fourth-order valence-electron chi connectivity index (χ4n) is 1.85. The van der Waals surface area contributed by atoms with Crippen LogP contribution in [-0.4, -0.2) is 6.21 Å².